The Kier molecular flexibility index (Phi) is 2.84. The van der Waals surface area contributed by atoms with Crippen molar-refractivity contribution < 1.29 is 9.18 Å². The predicted octanol–water partition coefficient (Wildman–Crippen LogP) is 3.77. The number of thiophene rings is 1. The Morgan fingerprint density at radius 3 is 2.73 bits per heavy atom. The second-order valence-electron chi connectivity index (χ2n) is 2.91. The van der Waals surface area contributed by atoms with E-state index in [1.165, 1.54) is 23.5 Å². The van der Waals surface area contributed by atoms with Crippen LogP contribution in [-0.2, 0) is 0 Å². The van der Waals surface area contributed by atoms with Crippen molar-refractivity contribution in [2.45, 2.75) is 0 Å². The molecule has 76 valence electrons. The molecule has 1 nitrogen and oxygen atoms in total. The van der Waals surface area contributed by atoms with Gasteiger partial charge in [-0.25, -0.2) is 4.39 Å². The molecule has 0 aliphatic heterocycles. The number of rotatable bonds is 2. The van der Waals surface area contributed by atoms with Crippen molar-refractivity contribution in [3.05, 3.63) is 57.0 Å². The first-order chi connectivity index (χ1) is 7.20. The summed E-state index contributed by atoms with van der Waals surface area (Å²) in [5.41, 5.74) is 0.0185. The zero-order valence-electron chi connectivity index (χ0n) is 7.54. The number of hydrogen-bond acceptors (Lipinski definition) is 2. The molecule has 0 atom stereocenters. The van der Waals surface area contributed by atoms with Gasteiger partial charge in [-0.1, -0.05) is 23.7 Å². The molecule has 0 aliphatic rings. The lowest BCUT2D eigenvalue weighted by Gasteiger charge is -2.01. The summed E-state index contributed by atoms with van der Waals surface area (Å²) in [6.45, 7) is 0. The largest absolute Gasteiger partial charge is 0.288 e. The van der Waals surface area contributed by atoms with Gasteiger partial charge in [0.2, 0.25) is 5.78 Å². The Labute approximate surface area is 95.1 Å². The Bertz CT molecular complexity index is 493. The van der Waals surface area contributed by atoms with Crippen molar-refractivity contribution in [2.24, 2.45) is 0 Å². The van der Waals surface area contributed by atoms with E-state index in [4.69, 9.17) is 11.6 Å². The molecule has 1 aromatic heterocycles. The van der Waals surface area contributed by atoms with Crippen molar-refractivity contribution in [1.29, 1.82) is 0 Å². The molecule has 0 saturated carbocycles. The molecule has 0 radical (unpaired) electrons. The number of halogens is 2. The van der Waals surface area contributed by atoms with Gasteiger partial charge in [0.1, 0.15) is 0 Å². The number of benzene rings is 1. The summed E-state index contributed by atoms with van der Waals surface area (Å²) >= 11 is 6.88. The smallest absolute Gasteiger partial charge is 0.205 e. The first-order valence-corrected chi connectivity index (χ1v) is 5.48. The maximum Gasteiger partial charge on any atom is 0.205 e. The average Bonchev–Trinajstić information content (AvgIpc) is 2.74. The summed E-state index contributed by atoms with van der Waals surface area (Å²) in [6, 6.07) is 7.82. The Morgan fingerprint density at radius 1 is 1.27 bits per heavy atom. The van der Waals surface area contributed by atoms with E-state index in [-0.39, 0.29) is 16.4 Å². The molecular weight excluding hydrogens is 235 g/mol. The number of carbonyl (C=O) groups excluding carboxylic acids is 1. The van der Waals surface area contributed by atoms with Gasteiger partial charge in [-0.2, -0.15) is 0 Å². The average molecular weight is 241 g/mol. The zero-order valence-corrected chi connectivity index (χ0v) is 9.11. The summed E-state index contributed by atoms with van der Waals surface area (Å²) in [7, 11) is 0. The first-order valence-electron chi connectivity index (χ1n) is 4.22. The lowest BCUT2D eigenvalue weighted by Crippen LogP contribution is -2.02. The molecule has 0 spiro atoms. The molecule has 2 rings (SSSR count). The molecule has 0 saturated heterocycles. The SMILES string of the molecule is O=C(c1cccs1)c1cccc(Cl)c1F. The van der Waals surface area contributed by atoms with Crippen molar-refractivity contribution in [1.82, 2.24) is 0 Å². The lowest BCUT2D eigenvalue weighted by molar-refractivity contribution is 0.103. The van der Waals surface area contributed by atoms with Gasteiger partial charge in [0.05, 0.1) is 15.5 Å². The van der Waals surface area contributed by atoms with Gasteiger partial charge in [-0.05, 0) is 23.6 Å². The molecule has 1 heterocycles. The maximum absolute atomic E-state index is 13.5. The topological polar surface area (TPSA) is 17.1 Å². The monoisotopic (exact) mass is 240 g/mol. The third-order valence-electron chi connectivity index (χ3n) is 1.94. The second kappa shape index (κ2) is 4.13. The molecule has 0 unspecified atom stereocenters. The normalized spacial score (nSPS) is 10.3. The molecule has 4 heteroatoms. The molecule has 0 amide bonds. The van der Waals surface area contributed by atoms with Gasteiger partial charge >= 0.3 is 0 Å². The van der Waals surface area contributed by atoms with Crippen molar-refractivity contribution in [3.8, 4) is 0 Å². The van der Waals surface area contributed by atoms with E-state index in [0.717, 1.165) is 0 Å². The Hall–Kier alpha value is -1.19. The van der Waals surface area contributed by atoms with E-state index in [0.29, 0.717) is 4.88 Å². The molecule has 0 aliphatic carbocycles. The van der Waals surface area contributed by atoms with E-state index >= 15 is 0 Å². The van der Waals surface area contributed by atoms with Crippen LogP contribution in [0.15, 0.2) is 35.7 Å². The highest BCUT2D eigenvalue weighted by atomic mass is 35.5. The first kappa shape index (κ1) is 10.3. The maximum atomic E-state index is 13.5. The van der Waals surface area contributed by atoms with Crippen LogP contribution in [0.3, 0.4) is 0 Å². The summed E-state index contributed by atoms with van der Waals surface area (Å²) in [4.78, 5) is 12.3. The van der Waals surface area contributed by atoms with E-state index in [9.17, 15) is 9.18 Å². The van der Waals surface area contributed by atoms with Crippen LogP contribution in [0.25, 0.3) is 0 Å². The highest BCUT2D eigenvalue weighted by Gasteiger charge is 2.16. The summed E-state index contributed by atoms with van der Waals surface area (Å²) in [5.74, 6) is -0.984. The fraction of sp³-hybridized carbons (Fsp3) is 0. The standard InChI is InChI=1S/C11H6ClFOS/c12-8-4-1-3-7(10(8)13)11(14)9-5-2-6-15-9/h1-6H. The summed E-state index contributed by atoms with van der Waals surface area (Å²) in [6.07, 6.45) is 0. The second-order valence-corrected chi connectivity index (χ2v) is 4.26. The number of carbonyl (C=O) groups is 1. The van der Waals surface area contributed by atoms with Crippen LogP contribution in [0.5, 0.6) is 0 Å². The van der Waals surface area contributed by atoms with Gasteiger partial charge in [-0.3, -0.25) is 4.79 Å². The number of hydrogen-bond donors (Lipinski definition) is 0. The quantitative estimate of drug-likeness (QED) is 0.731. The minimum Gasteiger partial charge on any atom is -0.288 e. The van der Waals surface area contributed by atoms with E-state index in [1.807, 2.05) is 0 Å². The minimum atomic E-state index is -0.655. The summed E-state index contributed by atoms with van der Waals surface area (Å²) < 4.78 is 13.5. The van der Waals surface area contributed by atoms with Crippen LogP contribution in [0.2, 0.25) is 5.02 Å². The van der Waals surface area contributed by atoms with Gasteiger partial charge in [0.25, 0.3) is 0 Å². The fourth-order valence-electron chi connectivity index (χ4n) is 1.22. The molecule has 15 heavy (non-hydrogen) atoms. The molecule has 0 fully saturated rings. The molecular formula is C11H6ClFOS. The van der Waals surface area contributed by atoms with Crippen molar-refractivity contribution in [3.63, 3.8) is 0 Å². The van der Waals surface area contributed by atoms with Crippen LogP contribution in [0.1, 0.15) is 15.2 Å². The molecule has 0 bridgehead atoms. The zero-order chi connectivity index (χ0) is 10.8. The highest BCUT2D eigenvalue weighted by Crippen LogP contribution is 2.22. The van der Waals surface area contributed by atoms with Crippen LogP contribution >= 0.6 is 22.9 Å². The molecule has 1 aromatic carbocycles. The lowest BCUT2D eigenvalue weighted by atomic mass is 10.1. The fourth-order valence-corrected chi connectivity index (χ4v) is 2.07. The van der Waals surface area contributed by atoms with Crippen LogP contribution < -0.4 is 0 Å². The molecule has 2 aromatic rings. The minimum absolute atomic E-state index is 0.0185. The van der Waals surface area contributed by atoms with Gasteiger partial charge in [-0.15, -0.1) is 11.3 Å². The van der Waals surface area contributed by atoms with Crippen LogP contribution in [-0.4, -0.2) is 5.78 Å². The molecule has 0 N–H and O–H groups in total. The van der Waals surface area contributed by atoms with E-state index in [2.05, 4.69) is 0 Å². The van der Waals surface area contributed by atoms with Crippen molar-refractivity contribution in [2.75, 3.05) is 0 Å². The Morgan fingerprint density at radius 2 is 2.07 bits per heavy atom. The van der Waals surface area contributed by atoms with Gasteiger partial charge < -0.3 is 0 Å². The van der Waals surface area contributed by atoms with E-state index in [1.54, 1.807) is 23.6 Å². The Balaban J connectivity index is 2.47. The predicted molar refractivity (Wildman–Crippen MR) is 59.2 cm³/mol. The van der Waals surface area contributed by atoms with E-state index < -0.39 is 5.82 Å². The summed E-state index contributed by atoms with van der Waals surface area (Å²) in [5, 5.41) is 1.74. The third kappa shape index (κ3) is 1.94. The van der Waals surface area contributed by atoms with Crippen LogP contribution in [0, 0.1) is 5.82 Å². The van der Waals surface area contributed by atoms with Crippen molar-refractivity contribution >= 4 is 28.7 Å². The van der Waals surface area contributed by atoms with Gasteiger partial charge in [0.15, 0.2) is 5.82 Å². The number of ketones is 1. The van der Waals surface area contributed by atoms with Gasteiger partial charge in [0, 0.05) is 0 Å². The van der Waals surface area contributed by atoms with Crippen LogP contribution in [0.4, 0.5) is 4.39 Å². The highest BCUT2D eigenvalue weighted by molar-refractivity contribution is 7.12. The third-order valence-corrected chi connectivity index (χ3v) is 3.10.